The van der Waals surface area contributed by atoms with Crippen LogP contribution in [0.1, 0.15) is 59.3 Å². The van der Waals surface area contributed by atoms with E-state index < -0.39 is 5.60 Å². The van der Waals surface area contributed by atoms with Crippen molar-refractivity contribution in [1.82, 2.24) is 10.2 Å². The van der Waals surface area contributed by atoms with E-state index >= 15 is 0 Å². The van der Waals surface area contributed by atoms with Crippen LogP contribution in [0.3, 0.4) is 0 Å². The maximum Gasteiger partial charge on any atom is 0.410 e. The zero-order valence-corrected chi connectivity index (χ0v) is 14.6. The summed E-state index contributed by atoms with van der Waals surface area (Å²) in [6.45, 7) is 7.43. The maximum absolute atomic E-state index is 12.3. The van der Waals surface area contributed by atoms with E-state index in [0.29, 0.717) is 12.1 Å². The van der Waals surface area contributed by atoms with Gasteiger partial charge in [-0.2, -0.15) is 0 Å². The molecule has 2 fully saturated rings. The third-order valence-corrected chi connectivity index (χ3v) is 4.61. The van der Waals surface area contributed by atoms with Gasteiger partial charge >= 0.3 is 6.09 Å². The van der Waals surface area contributed by atoms with Crippen LogP contribution in [0.2, 0.25) is 0 Å². The largest absolute Gasteiger partial charge is 0.444 e. The van der Waals surface area contributed by atoms with Gasteiger partial charge in [0.1, 0.15) is 5.60 Å². The average Bonchev–Trinajstić information content (AvgIpc) is 2.92. The molecule has 128 valence electrons. The minimum absolute atomic E-state index is 0.171. The number of rotatable bonds is 4. The molecule has 3 atom stereocenters. The number of ether oxygens (including phenoxy) is 2. The Kier molecular flexibility index (Phi) is 6.09. The van der Waals surface area contributed by atoms with Crippen LogP contribution in [-0.2, 0) is 9.47 Å². The molecule has 0 aromatic carbocycles. The molecule has 0 aromatic rings. The number of methoxy groups -OCH3 is 1. The van der Waals surface area contributed by atoms with Crippen molar-refractivity contribution in [3.63, 3.8) is 0 Å². The molecule has 1 aliphatic carbocycles. The summed E-state index contributed by atoms with van der Waals surface area (Å²) in [4.78, 5) is 14.2. The van der Waals surface area contributed by atoms with Gasteiger partial charge in [0, 0.05) is 32.3 Å². The van der Waals surface area contributed by atoms with Gasteiger partial charge in [0.05, 0.1) is 6.10 Å². The smallest absolute Gasteiger partial charge is 0.410 e. The van der Waals surface area contributed by atoms with Crippen molar-refractivity contribution in [3.8, 4) is 0 Å². The van der Waals surface area contributed by atoms with Crippen molar-refractivity contribution in [1.29, 1.82) is 0 Å². The standard InChI is InChI=1S/C17H32N2O3/c1-17(2,3)22-16(20)19-10-6-8-14(19)12-18-13-7-5-9-15(11-13)21-4/h13-15,18H,5-12H2,1-4H3. The number of carbonyl (C=O) groups is 1. The lowest BCUT2D eigenvalue weighted by Gasteiger charge is -2.32. The Morgan fingerprint density at radius 3 is 2.68 bits per heavy atom. The van der Waals surface area contributed by atoms with Gasteiger partial charge in [0.2, 0.25) is 0 Å². The molecule has 1 saturated carbocycles. The lowest BCUT2D eigenvalue weighted by molar-refractivity contribution is 0.0216. The van der Waals surface area contributed by atoms with Gasteiger partial charge in [-0.25, -0.2) is 4.79 Å². The van der Waals surface area contributed by atoms with Crippen LogP contribution in [0.25, 0.3) is 0 Å². The lowest BCUT2D eigenvalue weighted by atomic mass is 9.92. The van der Waals surface area contributed by atoms with E-state index in [1.54, 1.807) is 7.11 Å². The molecule has 0 aromatic heterocycles. The van der Waals surface area contributed by atoms with E-state index in [2.05, 4.69) is 5.32 Å². The Labute approximate surface area is 134 Å². The molecule has 5 heteroatoms. The third kappa shape index (κ3) is 5.13. The molecule has 1 amide bonds. The summed E-state index contributed by atoms with van der Waals surface area (Å²) in [6, 6.07) is 0.776. The minimum atomic E-state index is -0.424. The molecule has 22 heavy (non-hydrogen) atoms. The Morgan fingerprint density at radius 2 is 2.00 bits per heavy atom. The fourth-order valence-corrected chi connectivity index (χ4v) is 3.46. The normalized spacial score (nSPS) is 29.6. The van der Waals surface area contributed by atoms with E-state index in [9.17, 15) is 4.79 Å². The molecule has 5 nitrogen and oxygen atoms in total. The van der Waals surface area contributed by atoms with Crippen molar-refractivity contribution in [2.75, 3.05) is 20.2 Å². The second-order valence-corrected chi connectivity index (χ2v) is 7.60. The van der Waals surface area contributed by atoms with Crippen LogP contribution < -0.4 is 5.32 Å². The first-order chi connectivity index (χ1) is 10.4. The summed E-state index contributed by atoms with van der Waals surface area (Å²) in [5.41, 5.74) is -0.424. The molecular weight excluding hydrogens is 280 g/mol. The van der Waals surface area contributed by atoms with Gasteiger partial charge in [0.25, 0.3) is 0 Å². The Hall–Kier alpha value is -0.810. The number of amides is 1. The van der Waals surface area contributed by atoms with Crippen molar-refractivity contribution in [2.24, 2.45) is 0 Å². The highest BCUT2D eigenvalue weighted by Crippen LogP contribution is 2.23. The molecule has 1 N–H and O–H groups in total. The Balaban J connectivity index is 1.80. The monoisotopic (exact) mass is 312 g/mol. The van der Waals surface area contributed by atoms with E-state index in [-0.39, 0.29) is 12.1 Å². The fourth-order valence-electron chi connectivity index (χ4n) is 3.46. The molecule has 2 rings (SSSR count). The zero-order valence-electron chi connectivity index (χ0n) is 14.6. The van der Waals surface area contributed by atoms with Gasteiger partial charge in [0.15, 0.2) is 0 Å². The highest BCUT2D eigenvalue weighted by Gasteiger charge is 2.32. The van der Waals surface area contributed by atoms with Crippen LogP contribution in [-0.4, -0.2) is 55.0 Å². The van der Waals surface area contributed by atoms with Crippen LogP contribution >= 0.6 is 0 Å². The van der Waals surface area contributed by atoms with Crippen molar-refractivity contribution >= 4 is 6.09 Å². The molecule has 0 radical (unpaired) electrons. The summed E-state index contributed by atoms with van der Waals surface area (Å²) in [5, 5.41) is 3.65. The number of nitrogens with zero attached hydrogens (tertiary/aromatic N) is 1. The predicted octanol–water partition coefficient (Wildman–Crippen LogP) is 2.93. The molecule has 1 saturated heterocycles. The van der Waals surface area contributed by atoms with Crippen LogP contribution in [0.4, 0.5) is 4.79 Å². The molecule has 2 aliphatic rings. The summed E-state index contributed by atoms with van der Waals surface area (Å²) in [6.07, 6.45) is 7.02. The summed E-state index contributed by atoms with van der Waals surface area (Å²) < 4.78 is 11.0. The van der Waals surface area contributed by atoms with Crippen LogP contribution in [0.15, 0.2) is 0 Å². The van der Waals surface area contributed by atoms with E-state index in [1.807, 2.05) is 25.7 Å². The van der Waals surface area contributed by atoms with Crippen molar-refractivity contribution < 1.29 is 14.3 Å². The zero-order chi connectivity index (χ0) is 16.2. The summed E-state index contributed by atoms with van der Waals surface area (Å²) in [7, 11) is 1.80. The highest BCUT2D eigenvalue weighted by atomic mass is 16.6. The van der Waals surface area contributed by atoms with Crippen LogP contribution in [0, 0.1) is 0 Å². The topological polar surface area (TPSA) is 50.8 Å². The summed E-state index contributed by atoms with van der Waals surface area (Å²) in [5.74, 6) is 0. The second kappa shape index (κ2) is 7.64. The van der Waals surface area contributed by atoms with Gasteiger partial charge in [-0.1, -0.05) is 0 Å². The molecular formula is C17H32N2O3. The van der Waals surface area contributed by atoms with Crippen molar-refractivity contribution in [2.45, 2.75) is 83.1 Å². The van der Waals surface area contributed by atoms with Gasteiger partial charge in [-0.15, -0.1) is 0 Å². The molecule has 3 unspecified atom stereocenters. The molecule has 0 spiro atoms. The van der Waals surface area contributed by atoms with E-state index in [1.165, 1.54) is 19.3 Å². The number of hydrogen-bond acceptors (Lipinski definition) is 4. The first-order valence-corrected chi connectivity index (χ1v) is 8.65. The second-order valence-electron chi connectivity index (χ2n) is 7.60. The van der Waals surface area contributed by atoms with Crippen molar-refractivity contribution in [3.05, 3.63) is 0 Å². The SMILES string of the molecule is COC1CCCC(NCC2CCCN2C(=O)OC(C)(C)C)C1. The summed E-state index contributed by atoms with van der Waals surface area (Å²) >= 11 is 0. The minimum Gasteiger partial charge on any atom is -0.444 e. The van der Waals surface area contributed by atoms with Gasteiger partial charge in [-0.3, -0.25) is 0 Å². The maximum atomic E-state index is 12.3. The number of hydrogen-bond donors (Lipinski definition) is 1. The molecule has 1 aliphatic heterocycles. The first kappa shape index (κ1) is 17.5. The fraction of sp³-hybridized carbons (Fsp3) is 0.941. The lowest BCUT2D eigenvalue weighted by Crippen LogP contribution is -2.47. The number of likely N-dealkylation sites (tertiary alicyclic amines) is 1. The molecule has 0 bridgehead atoms. The molecule has 1 heterocycles. The van der Waals surface area contributed by atoms with Gasteiger partial charge in [-0.05, 0) is 59.3 Å². The Morgan fingerprint density at radius 1 is 1.23 bits per heavy atom. The third-order valence-electron chi connectivity index (χ3n) is 4.61. The van der Waals surface area contributed by atoms with E-state index in [4.69, 9.17) is 9.47 Å². The Bertz CT molecular complexity index is 367. The van der Waals surface area contributed by atoms with E-state index in [0.717, 1.165) is 32.4 Å². The predicted molar refractivity (Wildman–Crippen MR) is 87.0 cm³/mol. The van der Waals surface area contributed by atoms with Crippen LogP contribution in [0.5, 0.6) is 0 Å². The number of carbonyl (C=O) groups excluding carboxylic acids is 1. The average molecular weight is 312 g/mol. The highest BCUT2D eigenvalue weighted by molar-refractivity contribution is 5.69. The quantitative estimate of drug-likeness (QED) is 0.867. The number of nitrogens with one attached hydrogen (secondary N) is 1. The first-order valence-electron chi connectivity index (χ1n) is 8.65. The van der Waals surface area contributed by atoms with Gasteiger partial charge < -0.3 is 19.7 Å².